The zero-order chi connectivity index (χ0) is 18.5. The molecule has 0 aliphatic heterocycles. The van der Waals surface area contributed by atoms with Gasteiger partial charge in [-0.25, -0.2) is 4.39 Å². The average Bonchev–Trinajstić information content (AvgIpc) is 3.50. The van der Waals surface area contributed by atoms with Crippen LogP contribution in [0, 0.1) is 17.1 Å². The first-order valence-electron chi connectivity index (χ1n) is 8.36. The molecule has 0 saturated heterocycles. The monoisotopic (exact) mass is 354 g/mol. The summed E-state index contributed by atoms with van der Waals surface area (Å²) in [4.78, 5) is 14.3. The third kappa shape index (κ3) is 4.12. The number of rotatable bonds is 7. The summed E-state index contributed by atoms with van der Waals surface area (Å²) in [6.07, 6.45) is 1.83. The second-order valence-corrected chi connectivity index (χ2v) is 6.11. The van der Waals surface area contributed by atoms with Gasteiger partial charge in [-0.1, -0.05) is 18.2 Å². The molecule has 3 rings (SSSR count). The number of ether oxygens (including phenoxy) is 2. The summed E-state index contributed by atoms with van der Waals surface area (Å²) < 4.78 is 24.7. The fourth-order valence-electron chi connectivity index (χ4n) is 2.70. The molecule has 0 atom stereocenters. The molecule has 2 aromatic carbocycles. The van der Waals surface area contributed by atoms with Crippen molar-refractivity contribution in [3.63, 3.8) is 0 Å². The Morgan fingerprint density at radius 1 is 1.27 bits per heavy atom. The van der Waals surface area contributed by atoms with Gasteiger partial charge in [-0.05, 0) is 31.0 Å². The van der Waals surface area contributed by atoms with Crippen LogP contribution in [0.2, 0.25) is 0 Å². The van der Waals surface area contributed by atoms with E-state index in [0.29, 0.717) is 22.6 Å². The van der Waals surface area contributed by atoms with E-state index in [1.807, 2.05) is 6.07 Å². The minimum absolute atomic E-state index is 0.133. The molecule has 0 spiro atoms. The van der Waals surface area contributed by atoms with E-state index in [2.05, 4.69) is 0 Å². The summed E-state index contributed by atoms with van der Waals surface area (Å²) in [6, 6.07) is 13.4. The lowest BCUT2D eigenvalue weighted by molar-refractivity contribution is -0.134. The average molecular weight is 354 g/mol. The number of halogens is 1. The molecule has 0 unspecified atom stereocenters. The van der Waals surface area contributed by atoms with Gasteiger partial charge in [0.05, 0.1) is 18.7 Å². The molecule has 26 heavy (non-hydrogen) atoms. The Bertz CT molecular complexity index is 843. The van der Waals surface area contributed by atoms with E-state index in [-0.39, 0.29) is 30.9 Å². The molecule has 0 bridgehead atoms. The van der Waals surface area contributed by atoms with Gasteiger partial charge in [0.2, 0.25) is 0 Å². The first-order valence-corrected chi connectivity index (χ1v) is 8.36. The van der Waals surface area contributed by atoms with Crippen LogP contribution < -0.4 is 9.47 Å². The van der Waals surface area contributed by atoms with Gasteiger partial charge in [-0.2, -0.15) is 5.26 Å². The van der Waals surface area contributed by atoms with Gasteiger partial charge in [-0.3, -0.25) is 4.79 Å². The first kappa shape index (κ1) is 17.7. The Labute approximate surface area is 151 Å². The highest BCUT2D eigenvalue weighted by molar-refractivity contribution is 5.78. The molecule has 0 heterocycles. The quantitative estimate of drug-likeness (QED) is 0.765. The first-order chi connectivity index (χ1) is 12.6. The minimum Gasteiger partial charge on any atom is -0.493 e. The summed E-state index contributed by atoms with van der Waals surface area (Å²) in [6.45, 7) is 0.0528. The Balaban J connectivity index is 1.68. The van der Waals surface area contributed by atoms with Crippen molar-refractivity contribution in [1.29, 1.82) is 5.26 Å². The van der Waals surface area contributed by atoms with Crippen LogP contribution in [0.25, 0.3) is 0 Å². The van der Waals surface area contributed by atoms with Gasteiger partial charge >= 0.3 is 0 Å². The van der Waals surface area contributed by atoms with Crippen LogP contribution in [-0.4, -0.2) is 30.6 Å². The van der Waals surface area contributed by atoms with Crippen LogP contribution in [0.15, 0.2) is 42.5 Å². The molecule has 0 N–H and O–H groups in total. The number of methoxy groups -OCH3 is 1. The summed E-state index contributed by atoms with van der Waals surface area (Å²) in [5.74, 6) is 0.258. The fraction of sp³-hybridized carbons (Fsp3) is 0.300. The molecular weight excluding hydrogens is 335 g/mol. The maximum atomic E-state index is 13.9. The maximum Gasteiger partial charge on any atom is 0.261 e. The predicted octanol–water partition coefficient (Wildman–Crippen LogP) is 3.28. The number of benzene rings is 2. The van der Waals surface area contributed by atoms with Crippen molar-refractivity contribution < 1.29 is 18.7 Å². The number of nitriles is 1. The van der Waals surface area contributed by atoms with Gasteiger partial charge in [0.25, 0.3) is 5.91 Å². The number of carbonyl (C=O) groups is 1. The number of amides is 1. The molecule has 0 aromatic heterocycles. The Kier molecular flexibility index (Phi) is 5.37. The maximum absolute atomic E-state index is 13.9. The fourth-order valence-corrected chi connectivity index (χ4v) is 2.70. The van der Waals surface area contributed by atoms with E-state index in [4.69, 9.17) is 14.7 Å². The zero-order valence-corrected chi connectivity index (χ0v) is 14.4. The topological polar surface area (TPSA) is 62.6 Å². The summed E-state index contributed by atoms with van der Waals surface area (Å²) >= 11 is 0. The van der Waals surface area contributed by atoms with Crippen molar-refractivity contribution >= 4 is 5.91 Å². The Hall–Kier alpha value is -3.07. The SMILES string of the molecule is COc1cc(C#N)ccc1OCC(=O)N(Cc1ccccc1F)C1CC1. The van der Waals surface area contributed by atoms with E-state index in [0.717, 1.165) is 12.8 Å². The Morgan fingerprint density at radius 3 is 2.69 bits per heavy atom. The summed E-state index contributed by atoms with van der Waals surface area (Å²) in [5, 5.41) is 8.93. The molecule has 1 amide bonds. The van der Waals surface area contributed by atoms with Crippen molar-refractivity contribution in [1.82, 2.24) is 4.90 Å². The molecule has 1 saturated carbocycles. The predicted molar refractivity (Wildman–Crippen MR) is 93.2 cm³/mol. The number of nitrogens with zero attached hydrogens (tertiary/aromatic N) is 2. The van der Waals surface area contributed by atoms with Crippen LogP contribution in [0.4, 0.5) is 4.39 Å². The lowest BCUT2D eigenvalue weighted by atomic mass is 10.2. The number of hydrogen-bond donors (Lipinski definition) is 0. The van der Waals surface area contributed by atoms with E-state index < -0.39 is 0 Å². The summed E-state index contributed by atoms with van der Waals surface area (Å²) in [7, 11) is 1.47. The lowest BCUT2D eigenvalue weighted by Gasteiger charge is -2.23. The van der Waals surface area contributed by atoms with Crippen molar-refractivity contribution in [2.75, 3.05) is 13.7 Å². The largest absolute Gasteiger partial charge is 0.493 e. The van der Waals surface area contributed by atoms with Gasteiger partial charge < -0.3 is 14.4 Å². The molecular formula is C20H19FN2O3. The van der Waals surface area contributed by atoms with Crippen LogP contribution in [-0.2, 0) is 11.3 Å². The number of carbonyl (C=O) groups excluding carboxylic acids is 1. The van der Waals surface area contributed by atoms with Crippen molar-refractivity contribution in [3.8, 4) is 17.6 Å². The van der Waals surface area contributed by atoms with E-state index in [1.165, 1.54) is 13.2 Å². The van der Waals surface area contributed by atoms with E-state index >= 15 is 0 Å². The third-order valence-corrected chi connectivity index (χ3v) is 4.25. The molecule has 6 heteroatoms. The van der Waals surface area contributed by atoms with Crippen molar-refractivity contribution in [3.05, 3.63) is 59.4 Å². The molecule has 1 fully saturated rings. The third-order valence-electron chi connectivity index (χ3n) is 4.25. The normalized spacial score (nSPS) is 13.0. The van der Waals surface area contributed by atoms with Gasteiger partial charge in [-0.15, -0.1) is 0 Å². The van der Waals surface area contributed by atoms with Crippen LogP contribution in [0.3, 0.4) is 0 Å². The second kappa shape index (κ2) is 7.87. The molecule has 134 valence electrons. The zero-order valence-electron chi connectivity index (χ0n) is 14.4. The molecule has 0 radical (unpaired) electrons. The van der Waals surface area contributed by atoms with Gasteiger partial charge in [0.15, 0.2) is 18.1 Å². The molecule has 1 aliphatic carbocycles. The lowest BCUT2D eigenvalue weighted by Crippen LogP contribution is -2.36. The Morgan fingerprint density at radius 2 is 2.04 bits per heavy atom. The van der Waals surface area contributed by atoms with E-state index in [9.17, 15) is 9.18 Å². The number of hydrogen-bond acceptors (Lipinski definition) is 4. The molecule has 1 aliphatic rings. The smallest absolute Gasteiger partial charge is 0.261 e. The van der Waals surface area contributed by atoms with Crippen molar-refractivity contribution in [2.45, 2.75) is 25.4 Å². The minimum atomic E-state index is -0.319. The summed E-state index contributed by atoms with van der Waals surface area (Å²) in [5.41, 5.74) is 0.934. The van der Waals surface area contributed by atoms with Crippen LogP contribution in [0.1, 0.15) is 24.0 Å². The molecule has 5 nitrogen and oxygen atoms in total. The van der Waals surface area contributed by atoms with Crippen LogP contribution in [0.5, 0.6) is 11.5 Å². The highest BCUT2D eigenvalue weighted by atomic mass is 19.1. The van der Waals surface area contributed by atoms with Gasteiger partial charge in [0, 0.05) is 24.2 Å². The molecule has 2 aromatic rings. The highest BCUT2D eigenvalue weighted by Gasteiger charge is 2.33. The second-order valence-electron chi connectivity index (χ2n) is 6.11. The van der Waals surface area contributed by atoms with Crippen molar-refractivity contribution in [2.24, 2.45) is 0 Å². The van der Waals surface area contributed by atoms with Gasteiger partial charge in [0.1, 0.15) is 5.82 Å². The van der Waals surface area contributed by atoms with Crippen LogP contribution >= 0.6 is 0 Å². The highest BCUT2D eigenvalue weighted by Crippen LogP contribution is 2.30. The van der Waals surface area contributed by atoms with E-state index in [1.54, 1.807) is 41.3 Å². The standard InChI is InChI=1S/C20H19FN2O3/c1-25-19-10-14(11-22)6-9-18(19)26-13-20(24)23(16-7-8-16)12-15-4-2-3-5-17(15)21/h2-6,9-10,16H,7-8,12-13H2,1H3.